The Morgan fingerprint density at radius 2 is 1.69 bits per heavy atom. The molecule has 0 N–H and O–H groups in total. The average molecular weight is 386 g/mol. The Balaban J connectivity index is 1.59. The van der Waals surface area contributed by atoms with E-state index < -0.39 is 0 Å². The van der Waals surface area contributed by atoms with E-state index in [1.807, 2.05) is 36.4 Å². The zero-order valence-corrected chi connectivity index (χ0v) is 15.2. The van der Waals surface area contributed by atoms with Crippen molar-refractivity contribution in [1.82, 2.24) is 0 Å². The SMILES string of the molecule is O=C1/C(=C\c2ccc3c(c2)OCO3)N=C(c2ccccc2)N1c1ccc(F)cc1. The summed E-state index contributed by atoms with van der Waals surface area (Å²) in [5.41, 5.74) is 2.40. The van der Waals surface area contributed by atoms with Crippen LogP contribution in [0.25, 0.3) is 6.08 Å². The molecular weight excluding hydrogens is 371 g/mol. The maximum atomic E-state index is 13.4. The van der Waals surface area contributed by atoms with Gasteiger partial charge in [-0.15, -0.1) is 0 Å². The van der Waals surface area contributed by atoms with Gasteiger partial charge in [-0.3, -0.25) is 9.69 Å². The lowest BCUT2D eigenvalue weighted by atomic mass is 10.1. The second-order valence-corrected chi connectivity index (χ2v) is 6.56. The molecule has 0 saturated carbocycles. The molecule has 0 aromatic heterocycles. The van der Waals surface area contributed by atoms with Crippen molar-refractivity contribution < 1.29 is 18.7 Å². The van der Waals surface area contributed by atoms with Gasteiger partial charge in [-0.2, -0.15) is 0 Å². The summed E-state index contributed by atoms with van der Waals surface area (Å²) in [4.78, 5) is 19.3. The highest BCUT2D eigenvalue weighted by Crippen LogP contribution is 2.34. The first-order valence-electron chi connectivity index (χ1n) is 9.04. The Hall–Kier alpha value is -3.93. The second-order valence-electron chi connectivity index (χ2n) is 6.56. The van der Waals surface area contributed by atoms with Gasteiger partial charge in [0.25, 0.3) is 5.91 Å². The van der Waals surface area contributed by atoms with Crippen molar-refractivity contribution >= 4 is 23.5 Å². The summed E-state index contributed by atoms with van der Waals surface area (Å²) in [6, 6.07) is 20.6. The van der Waals surface area contributed by atoms with Gasteiger partial charge in [0.1, 0.15) is 17.3 Å². The van der Waals surface area contributed by atoms with Crippen LogP contribution >= 0.6 is 0 Å². The first kappa shape index (κ1) is 17.2. The molecule has 0 aliphatic carbocycles. The fourth-order valence-electron chi connectivity index (χ4n) is 3.29. The summed E-state index contributed by atoms with van der Waals surface area (Å²) in [5.74, 6) is 1.15. The molecule has 0 saturated heterocycles. The second kappa shape index (κ2) is 6.91. The number of amides is 1. The first-order chi connectivity index (χ1) is 14.2. The highest BCUT2D eigenvalue weighted by molar-refractivity contribution is 6.33. The number of halogens is 1. The smallest absolute Gasteiger partial charge is 0.282 e. The monoisotopic (exact) mass is 386 g/mol. The quantitative estimate of drug-likeness (QED) is 0.628. The lowest BCUT2D eigenvalue weighted by molar-refractivity contribution is -0.113. The van der Waals surface area contributed by atoms with Crippen molar-refractivity contribution in [2.75, 3.05) is 11.7 Å². The number of anilines is 1. The van der Waals surface area contributed by atoms with Gasteiger partial charge >= 0.3 is 0 Å². The molecule has 0 bridgehead atoms. The predicted octanol–water partition coefficient (Wildman–Crippen LogP) is 4.39. The Kier molecular flexibility index (Phi) is 4.09. The van der Waals surface area contributed by atoms with Crippen LogP contribution in [0.2, 0.25) is 0 Å². The Labute approximate surface area is 166 Å². The molecule has 3 aromatic rings. The Bertz CT molecular complexity index is 1150. The number of carbonyl (C=O) groups excluding carboxylic acids is 1. The van der Waals surface area contributed by atoms with Crippen LogP contribution in [0.4, 0.5) is 10.1 Å². The van der Waals surface area contributed by atoms with E-state index in [0.717, 1.165) is 11.1 Å². The number of benzene rings is 3. The van der Waals surface area contributed by atoms with Crippen molar-refractivity contribution in [3.05, 3.63) is 95.4 Å². The van der Waals surface area contributed by atoms with E-state index in [4.69, 9.17) is 9.47 Å². The van der Waals surface area contributed by atoms with Crippen LogP contribution in [-0.4, -0.2) is 18.5 Å². The Morgan fingerprint density at radius 3 is 2.48 bits per heavy atom. The van der Waals surface area contributed by atoms with Crippen LogP contribution in [0.15, 0.2) is 83.5 Å². The van der Waals surface area contributed by atoms with Crippen molar-refractivity contribution in [3.8, 4) is 11.5 Å². The summed E-state index contributed by atoms with van der Waals surface area (Å²) < 4.78 is 24.1. The van der Waals surface area contributed by atoms with E-state index in [-0.39, 0.29) is 24.2 Å². The topological polar surface area (TPSA) is 51.1 Å². The van der Waals surface area contributed by atoms with Crippen LogP contribution in [0.1, 0.15) is 11.1 Å². The van der Waals surface area contributed by atoms with E-state index in [9.17, 15) is 9.18 Å². The molecule has 6 heteroatoms. The van der Waals surface area contributed by atoms with Crippen molar-refractivity contribution in [3.63, 3.8) is 0 Å². The van der Waals surface area contributed by atoms with Gasteiger partial charge in [0.15, 0.2) is 11.5 Å². The van der Waals surface area contributed by atoms with Crippen LogP contribution in [0.5, 0.6) is 11.5 Å². The third-order valence-corrected chi connectivity index (χ3v) is 4.68. The summed E-state index contributed by atoms with van der Waals surface area (Å²) in [5, 5.41) is 0. The molecule has 3 aromatic carbocycles. The highest BCUT2D eigenvalue weighted by atomic mass is 19.1. The normalized spacial score (nSPS) is 16.4. The van der Waals surface area contributed by atoms with Gasteiger partial charge < -0.3 is 9.47 Å². The van der Waals surface area contributed by atoms with Gasteiger partial charge in [0.2, 0.25) is 6.79 Å². The summed E-state index contributed by atoms with van der Waals surface area (Å²) in [7, 11) is 0. The number of rotatable bonds is 3. The molecule has 1 amide bonds. The lowest BCUT2D eigenvalue weighted by Crippen LogP contribution is -2.32. The summed E-state index contributed by atoms with van der Waals surface area (Å²) in [6.07, 6.45) is 1.71. The number of ether oxygens (including phenoxy) is 2. The molecule has 29 heavy (non-hydrogen) atoms. The maximum absolute atomic E-state index is 13.4. The number of hydrogen-bond donors (Lipinski definition) is 0. The van der Waals surface area contributed by atoms with Gasteiger partial charge in [-0.25, -0.2) is 9.38 Å². The molecule has 0 fully saturated rings. The average Bonchev–Trinajstić information content (AvgIpc) is 3.34. The number of carbonyl (C=O) groups is 1. The fraction of sp³-hybridized carbons (Fsp3) is 0.0435. The van der Waals surface area contributed by atoms with Gasteiger partial charge in [-0.05, 0) is 48.0 Å². The molecule has 5 nitrogen and oxygen atoms in total. The van der Waals surface area contributed by atoms with Crippen LogP contribution in [0.3, 0.4) is 0 Å². The number of aliphatic imine (C=N–C) groups is 1. The van der Waals surface area contributed by atoms with Crippen LogP contribution in [0, 0.1) is 5.82 Å². The van der Waals surface area contributed by atoms with Crippen LogP contribution < -0.4 is 14.4 Å². The van der Waals surface area contributed by atoms with Crippen molar-refractivity contribution in [1.29, 1.82) is 0 Å². The molecule has 0 unspecified atom stereocenters. The van der Waals surface area contributed by atoms with E-state index in [1.165, 1.54) is 17.0 Å². The van der Waals surface area contributed by atoms with Crippen molar-refractivity contribution in [2.45, 2.75) is 0 Å². The zero-order chi connectivity index (χ0) is 19.8. The number of amidine groups is 1. The van der Waals surface area contributed by atoms with E-state index >= 15 is 0 Å². The zero-order valence-electron chi connectivity index (χ0n) is 15.2. The summed E-state index contributed by atoms with van der Waals surface area (Å²) >= 11 is 0. The van der Waals surface area contributed by atoms with E-state index in [2.05, 4.69) is 4.99 Å². The predicted molar refractivity (Wildman–Crippen MR) is 107 cm³/mol. The molecular formula is C23H15FN2O3. The molecule has 2 heterocycles. The van der Waals surface area contributed by atoms with Gasteiger partial charge in [0.05, 0.1) is 5.69 Å². The molecule has 2 aliphatic heterocycles. The largest absolute Gasteiger partial charge is 0.454 e. The minimum Gasteiger partial charge on any atom is -0.454 e. The van der Waals surface area contributed by atoms with Crippen LogP contribution in [-0.2, 0) is 4.79 Å². The highest BCUT2D eigenvalue weighted by Gasteiger charge is 2.32. The number of hydrogen-bond acceptors (Lipinski definition) is 4. The molecule has 0 spiro atoms. The standard InChI is InChI=1S/C23H15FN2O3/c24-17-7-9-18(10-8-17)26-22(16-4-2-1-3-5-16)25-19(23(26)27)12-15-6-11-20-21(13-15)29-14-28-20/h1-13H,14H2/b19-12+. The molecule has 0 radical (unpaired) electrons. The van der Waals surface area contributed by atoms with Crippen molar-refractivity contribution in [2.24, 2.45) is 4.99 Å². The van der Waals surface area contributed by atoms with E-state index in [0.29, 0.717) is 23.0 Å². The third-order valence-electron chi connectivity index (χ3n) is 4.68. The Morgan fingerprint density at radius 1 is 0.931 bits per heavy atom. The lowest BCUT2D eigenvalue weighted by Gasteiger charge is -2.18. The first-order valence-corrected chi connectivity index (χ1v) is 9.04. The molecule has 142 valence electrons. The molecule has 0 atom stereocenters. The minimum atomic E-state index is -0.366. The summed E-state index contributed by atoms with van der Waals surface area (Å²) in [6.45, 7) is 0.183. The molecule has 2 aliphatic rings. The fourth-order valence-corrected chi connectivity index (χ4v) is 3.29. The number of fused-ring (bicyclic) bond motifs is 1. The van der Waals surface area contributed by atoms with Gasteiger partial charge in [0, 0.05) is 5.56 Å². The minimum absolute atomic E-state index is 0.183. The van der Waals surface area contributed by atoms with Gasteiger partial charge in [-0.1, -0.05) is 36.4 Å². The third kappa shape index (κ3) is 3.14. The maximum Gasteiger partial charge on any atom is 0.282 e. The molecule has 5 rings (SSSR count). The van der Waals surface area contributed by atoms with E-state index in [1.54, 1.807) is 30.3 Å². The number of nitrogens with zero attached hydrogens (tertiary/aromatic N) is 2.